The number of hydrogen-bond donors (Lipinski definition) is 1. The van der Waals surface area contributed by atoms with Crippen molar-refractivity contribution in [1.29, 1.82) is 0 Å². The molecule has 30 heavy (non-hydrogen) atoms. The summed E-state index contributed by atoms with van der Waals surface area (Å²) in [5, 5.41) is 8.51. The first kappa shape index (κ1) is 28.9. The van der Waals surface area contributed by atoms with Gasteiger partial charge in [-0.3, -0.25) is 0 Å². The van der Waals surface area contributed by atoms with E-state index < -0.39 is 11.9 Å². The highest BCUT2D eigenvalue weighted by molar-refractivity contribution is 5.73. The van der Waals surface area contributed by atoms with Gasteiger partial charge in [-0.25, -0.2) is 9.59 Å². The summed E-state index contributed by atoms with van der Waals surface area (Å²) in [6.45, 7) is 1.80. The summed E-state index contributed by atoms with van der Waals surface area (Å²) in [6, 6.07) is 0. The first-order valence-corrected chi connectivity index (χ1v) is 12.2. The minimum absolute atomic E-state index is 0.0636. The van der Waals surface area contributed by atoms with Crippen LogP contribution in [-0.2, 0) is 23.8 Å². The minimum atomic E-state index is -0.602. The second-order valence-corrected chi connectivity index (χ2v) is 7.96. The molecule has 0 amide bonds. The van der Waals surface area contributed by atoms with Crippen molar-refractivity contribution in [2.24, 2.45) is 0 Å². The first-order chi connectivity index (χ1) is 14.7. The van der Waals surface area contributed by atoms with Crippen LogP contribution in [0.1, 0.15) is 110 Å². The number of rotatable bonds is 23. The average Bonchev–Trinajstić information content (AvgIpc) is 2.74. The predicted molar refractivity (Wildman–Crippen MR) is 119 cm³/mol. The van der Waals surface area contributed by atoms with Gasteiger partial charge in [0.2, 0.25) is 0 Å². The Morgan fingerprint density at radius 1 is 0.567 bits per heavy atom. The standard InChI is InChI=1S/C24H46O6/c1-2-3-4-5-6-7-8-9-10-11-12-13-14-15-16-17-19-29-23(26)21-28-22-24(27)30-20-18-25/h25H,2-22H2,1H3. The van der Waals surface area contributed by atoms with Crippen LogP contribution in [0.3, 0.4) is 0 Å². The van der Waals surface area contributed by atoms with Gasteiger partial charge in [0.25, 0.3) is 0 Å². The SMILES string of the molecule is CCCCCCCCCCCCCCCCCCOC(=O)COCC(=O)OCCO. The highest BCUT2D eigenvalue weighted by Crippen LogP contribution is 2.13. The van der Waals surface area contributed by atoms with Gasteiger partial charge < -0.3 is 19.3 Å². The van der Waals surface area contributed by atoms with Crippen LogP contribution in [0.25, 0.3) is 0 Å². The van der Waals surface area contributed by atoms with Crippen molar-refractivity contribution in [2.75, 3.05) is 33.0 Å². The van der Waals surface area contributed by atoms with E-state index in [1.807, 2.05) is 0 Å². The predicted octanol–water partition coefficient (Wildman–Crippen LogP) is 5.34. The van der Waals surface area contributed by atoms with Gasteiger partial charge in [0.1, 0.15) is 19.8 Å². The lowest BCUT2D eigenvalue weighted by Gasteiger charge is -2.06. The smallest absolute Gasteiger partial charge is 0.332 e. The fraction of sp³-hybridized carbons (Fsp3) is 0.917. The molecule has 0 fully saturated rings. The van der Waals surface area contributed by atoms with E-state index in [4.69, 9.17) is 14.6 Å². The maximum absolute atomic E-state index is 11.5. The molecule has 0 spiro atoms. The van der Waals surface area contributed by atoms with E-state index in [2.05, 4.69) is 11.7 Å². The van der Waals surface area contributed by atoms with E-state index in [9.17, 15) is 9.59 Å². The van der Waals surface area contributed by atoms with E-state index in [1.165, 1.54) is 89.9 Å². The van der Waals surface area contributed by atoms with Gasteiger partial charge in [0.15, 0.2) is 0 Å². The summed E-state index contributed by atoms with van der Waals surface area (Å²) in [5.41, 5.74) is 0. The molecular weight excluding hydrogens is 384 g/mol. The molecule has 0 aromatic heterocycles. The largest absolute Gasteiger partial charge is 0.464 e. The van der Waals surface area contributed by atoms with Crippen LogP contribution in [0.4, 0.5) is 0 Å². The number of aliphatic hydroxyl groups excluding tert-OH is 1. The zero-order valence-corrected chi connectivity index (χ0v) is 19.3. The molecule has 0 saturated heterocycles. The van der Waals surface area contributed by atoms with E-state index in [0.717, 1.165) is 12.8 Å². The van der Waals surface area contributed by atoms with E-state index in [1.54, 1.807) is 0 Å². The minimum Gasteiger partial charge on any atom is -0.464 e. The Kier molecular flexibility index (Phi) is 23.2. The fourth-order valence-corrected chi connectivity index (χ4v) is 3.30. The van der Waals surface area contributed by atoms with E-state index in [-0.39, 0.29) is 26.4 Å². The van der Waals surface area contributed by atoms with Crippen molar-refractivity contribution in [2.45, 2.75) is 110 Å². The molecule has 178 valence electrons. The summed E-state index contributed by atoms with van der Waals surface area (Å²) < 4.78 is 14.6. The second kappa shape index (κ2) is 24.1. The number of unbranched alkanes of at least 4 members (excludes halogenated alkanes) is 15. The highest BCUT2D eigenvalue weighted by atomic mass is 16.6. The van der Waals surface area contributed by atoms with E-state index in [0.29, 0.717) is 6.61 Å². The molecule has 0 radical (unpaired) electrons. The molecule has 0 heterocycles. The van der Waals surface area contributed by atoms with Gasteiger partial charge in [-0.1, -0.05) is 103 Å². The summed E-state index contributed by atoms with van der Waals surface area (Å²) in [5.74, 6) is -1.07. The molecule has 0 bridgehead atoms. The van der Waals surface area contributed by atoms with Crippen LogP contribution < -0.4 is 0 Å². The molecule has 0 aliphatic rings. The van der Waals surface area contributed by atoms with Crippen molar-refractivity contribution >= 4 is 11.9 Å². The van der Waals surface area contributed by atoms with E-state index >= 15 is 0 Å². The quantitative estimate of drug-likeness (QED) is 0.174. The Morgan fingerprint density at radius 3 is 1.33 bits per heavy atom. The van der Waals surface area contributed by atoms with Crippen LogP contribution in [0.15, 0.2) is 0 Å². The molecule has 0 aliphatic heterocycles. The van der Waals surface area contributed by atoms with Crippen LogP contribution in [0.2, 0.25) is 0 Å². The number of aliphatic hydroxyl groups is 1. The monoisotopic (exact) mass is 430 g/mol. The normalized spacial score (nSPS) is 10.9. The first-order valence-electron chi connectivity index (χ1n) is 12.2. The molecule has 0 aromatic rings. The molecule has 1 N–H and O–H groups in total. The Bertz CT molecular complexity index is 386. The van der Waals surface area contributed by atoms with Crippen LogP contribution in [-0.4, -0.2) is 50.1 Å². The second-order valence-electron chi connectivity index (χ2n) is 7.96. The zero-order valence-electron chi connectivity index (χ0n) is 19.3. The third kappa shape index (κ3) is 23.1. The Morgan fingerprint density at radius 2 is 0.933 bits per heavy atom. The maximum atomic E-state index is 11.5. The van der Waals surface area contributed by atoms with Crippen molar-refractivity contribution in [1.82, 2.24) is 0 Å². The van der Waals surface area contributed by atoms with Gasteiger partial charge >= 0.3 is 11.9 Å². The third-order valence-electron chi connectivity index (χ3n) is 5.06. The molecule has 0 aliphatic carbocycles. The van der Waals surface area contributed by atoms with Crippen LogP contribution in [0, 0.1) is 0 Å². The Labute approximate surface area is 184 Å². The molecule has 6 nitrogen and oxygen atoms in total. The molecule has 0 saturated carbocycles. The van der Waals surface area contributed by atoms with Gasteiger partial charge in [-0.2, -0.15) is 0 Å². The molecular formula is C24H46O6. The summed E-state index contributed by atoms with van der Waals surface area (Å²) >= 11 is 0. The molecule has 0 atom stereocenters. The van der Waals surface area contributed by atoms with Crippen molar-refractivity contribution in [3.63, 3.8) is 0 Å². The summed E-state index contributed by atoms with van der Waals surface area (Å²) in [6.07, 6.45) is 20.9. The van der Waals surface area contributed by atoms with Crippen LogP contribution >= 0.6 is 0 Å². The number of ether oxygens (including phenoxy) is 3. The summed E-state index contributed by atoms with van der Waals surface area (Å²) in [4.78, 5) is 22.6. The van der Waals surface area contributed by atoms with Gasteiger partial charge in [0, 0.05) is 0 Å². The van der Waals surface area contributed by atoms with Crippen molar-refractivity contribution in [3.8, 4) is 0 Å². The number of carbonyl (C=O) groups is 2. The molecule has 0 rings (SSSR count). The highest BCUT2D eigenvalue weighted by Gasteiger charge is 2.07. The lowest BCUT2D eigenvalue weighted by atomic mass is 10.0. The Hall–Kier alpha value is -1.14. The lowest BCUT2D eigenvalue weighted by molar-refractivity contribution is -0.156. The Balaban J connectivity index is 3.18. The molecule has 6 heteroatoms. The van der Waals surface area contributed by atoms with Gasteiger partial charge in [-0.15, -0.1) is 0 Å². The topological polar surface area (TPSA) is 82.1 Å². The van der Waals surface area contributed by atoms with Gasteiger partial charge in [0.05, 0.1) is 13.2 Å². The third-order valence-corrected chi connectivity index (χ3v) is 5.06. The van der Waals surface area contributed by atoms with Crippen molar-refractivity contribution in [3.05, 3.63) is 0 Å². The van der Waals surface area contributed by atoms with Crippen LogP contribution in [0.5, 0.6) is 0 Å². The molecule has 0 aromatic carbocycles. The zero-order chi connectivity index (χ0) is 22.1. The summed E-state index contributed by atoms with van der Waals surface area (Å²) in [7, 11) is 0. The number of esters is 2. The van der Waals surface area contributed by atoms with Gasteiger partial charge in [-0.05, 0) is 6.42 Å². The number of hydrogen-bond acceptors (Lipinski definition) is 6. The average molecular weight is 431 g/mol. The lowest BCUT2D eigenvalue weighted by Crippen LogP contribution is -2.19. The molecule has 0 unspecified atom stereocenters. The van der Waals surface area contributed by atoms with Crippen molar-refractivity contribution < 1.29 is 28.9 Å². The maximum Gasteiger partial charge on any atom is 0.332 e. The number of carbonyl (C=O) groups excluding carboxylic acids is 2. The fourth-order valence-electron chi connectivity index (χ4n) is 3.30.